The smallest absolute Gasteiger partial charge is 0.313 e. The summed E-state index contributed by atoms with van der Waals surface area (Å²) in [6.07, 6.45) is 4.86. The van der Waals surface area contributed by atoms with Crippen LogP contribution in [0.5, 0.6) is 0 Å². The molecular formula is C19H23N3O4. The number of carbonyl (C=O) groups is 3. The number of hydrogen-bond acceptors (Lipinski definition) is 4. The zero-order valence-electron chi connectivity index (χ0n) is 14.7. The lowest BCUT2D eigenvalue weighted by Gasteiger charge is -2.35. The number of rotatable bonds is 3. The summed E-state index contributed by atoms with van der Waals surface area (Å²) in [6.45, 7) is 1.83. The molecule has 7 heteroatoms. The predicted octanol–water partition coefficient (Wildman–Crippen LogP) is 1.15. The van der Waals surface area contributed by atoms with E-state index in [0.29, 0.717) is 31.7 Å². The zero-order valence-corrected chi connectivity index (χ0v) is 14.7. The number of amides is 3. The van der Waals surface area contributed by atoms with Gasteiger partial charge in [0.15, 0.2) is 0 Å². The van der Waals surface area contributed by atoms with Crippen LogP contribution in [0.3, 0.4) is 0 Å². The first-order valence-electron chi connectivity index (χ1n) is 9.29. The fourth-order valence-corrected chi connectivity index (χ4v) is 4.01. The van der Waals surface area contributed by atoms with Gasteiger partial charge in [0.25, 0.3) is 0 Å². The minimum atomic E-state index is -0.672. The molecule has 1 saturated heterocycles. The monoisotopic (exact) mass is 357 g/mol. The molecule has 3 aliphatic rings. The van der Waals surface area contributed by atoms with E-state index in [1.54, 1.807) is 0 Å². The molecule has 7 nitrogen and oxygen atoms in total. The Balaban J connectivity index is 1.44. The molecular weight excluding hydrogens is 334 g/mol. The Bertz CT molecular complexity index is 738. The molecule has 1 fully saturated rings. The van der Waals surface area contributed by atoms with E-state index in [2.05, 4.69) is 10.6 Å². The van der Waals surface area contributed by atoms with Crippen LogP contribution in [0.25, 0.3) is 0 Å². The van der Waals surface area contributed by atoms with Gasteiger partial charge in [-0.05, 0) is 55.4 Å². The summed E-state index contributed by atoms with van der Waals surface area (Å²) in [5.74, 6) is -1.15. The zero-order chi connectivity index (χ0) is 18.1. The number of aryl methyl sites for hydroxylation is 2. The summed E-state index contributed by atoms with van der Waals surface area (Å²) in [4.78, 5) is 38.2. The van der Waals surface area contributed by atoms with Crippen molar-refractivity contribution in [2.75, 3.05) is 29.9 Å². The molecule has 0 radical (unpaired) electrons. The van der Waals surface area contributed by atoms with Crippen molar-refractivity contribution in [2.45, 2.75) is 44.6 Å². The van der Waals surface area contributed by atoms with Crippen molar-refractivity contribution in [1.82, 2.24) is 5.32 Å². The Kier molecular flexibility index (Phi) is 4.63. The second-order valence-electron chi connectivity index (χ2n) is 7.09. The average molecular weight is 357 g/mol. The normalized spacial score (nSPS) is 21.3. The van der Waals surface area contributed by atoms with Gasteiger partial charge in [-0.3, -0.25) is 14.4 Å². The van der Waals surface area contributed by atoms with Crippen molar-refractivity contribution in [2.24, 2.45) is 0 Å². The van der Waals surface area contributed by atoms with Gasteiger partial charge in [0, 0.05) is 31.8 Å². The Morgan fingerprint density at radius 1 is 1.12 bits per heavy atom. The maximum Gasteiger partial charge on any atom is 0.313 e. The molecule has 3 aliphatic heterocycles. The molecule has 0 aliphatic carbocycles. The lowest BCUT2D eigenvalue weighted by atomic mass is 9.91. The first-order chi connectivity index (χ1) is 12.6. The molecule has 1 aromatic carbocycles. The molecule has 3 heterocycles. The van der Waals surface area contributed by atoms with Crippen LogP contribution >= 0.6 is 0 Å². The fourth-order valence-electron chi connectivity index (χ4n) is 4.01. The maximum absolute atomic E-state index is 12.2. The van der Waals surface area contributed by atoms with Crippen LogP contribution in [0, 0.1) is 0 Å². The number of ether oxygens (including phenoxy) is 1. The van der Waals surface area contributed by atoms with E-state index >= 15 is 0 Å². The first-order valence-corrected chi connectivity index (χ1v) is 9.29. The van der Waals surface area contributed by atoms with Crippen molar-refractivity contribution >= 4 is 29.1 Å². The van der Waals surface area contributed by atoms with Crippen LogP contribution in [-0.4, -0.2) is 43.5 Å². The van der Waals surface area contributed by atoms with Crippen LogP contribution in [0.4, 0.5) is 11.4 Å². The largest absolute Gasteiger partial charge is 0.376 e. The molecule has 1 atom stereocenters. The third kappa shape index (κ3) is 3.31. The van der Waals surface area contributed by atoms with Crippen molar-refractivity contribution in [3.05, 3.63) is 23.3 Å². The van der Waals surface area contributed by atoms with Crippen molar-refractivity contribution in [1.29, 1.82) is 0 Å². The molecule has 138 valence electrons. The molecule has 0 saturated carbocycles. The van der Waals surface area contributed by atoms with Crippen LogP contribution in [0.15, 0.2) is 12.1 Å². The SMILES string of the molecule is O=C(NC[C@@H]1CCCO1)C(=O)Nc1cc2c3c(c1)CCC(=O)N3CCC2. The number of benzene rings is 1. The van der Waals surface area contributed by atoms with Crippen molar-refractivity contribution in [3.63, 3.8) is 0 Å². The average Bonchev–Trinajstić information content (AvgIpc) is 3.16. The van der Waals surface area contributed by atoms with Gasteiger partial charge >= 0.3 is 11.8 Å². The molecule has 0 bridgehead atoms. The summed E-state index contributed by atoms with van der Waals surface area (Å²) in [6, 6.07) is 3.77. The molecule has 1 aromatic rings. The highest BCUT2D eigenvalue weighted by atomic mass is 16.5. The van der Waals surface area contributed by atoms with Crippen LogP contribution < -0.4 is 15.5 Å². The first kappa shape index (κ1) is 17.0. The van der Waals surface area contributed by atoms with E-state index in [-0.39, 0.29) is 12.0 Å². The van der Waals surface area contributed by atoms with Crippen molar-refractivity contribution < 1.29 is 19.1 Å². The Morgan fingerprint density at radius 3 is 2.69 bits per heavy atom. The van der Waals surface area contributed by atoms with Gasteiger partial charge in [-0.2, -0.15) is 0 Å². The van der Waals surface area contributed by atoms with E-state index in [9.17, 15) is 14.4 Å². The van der Waals surface area contributed by atoms with Crippen LogP contribution in [0.2, 0.25) is 0 Å². The molecule has 2 N–H and O–H groups in total. The lowest BCUT2D eigenvalue weighted by Crippen LogP contribution is -2.40. The summed E-state index contributed by atoms with van der Waals surface area (Å²) < 4.78 is 5.44. The van der Waals surface area contributed by atoms with Crippen LogP contribution in [0.1, 0.15) is 36.8 Å². The van der Waals surface area contributed by atoms with E-state index in [1.165, 1.54) is 0 Å². The van der Waals surface area contributed by atoms with Gasteiger partial charge in [-0.25, -0.2) is 0 Å². The summed E-state index contributed by atoms with van der Waals surface area (Å²) in [5, 5.41) is 5.33. The molecule has 3 amide bonds. The quantitative estimate of drug-likeness (QED) is 0.795. The fraction of sp³-hybridized carbons (Fsp3) is 0.526. The van der Waals surface area contributed by atoms with Gasteiger partial charge in [-0.15, -0.1) is 0 Å². The highest BCUT2D eigenvalue weighted by Crippen LogP contribution is 2.37. The van der Waals surface area contributed by atoms with Crippen molar-refractivity contribution in [3.8, 4) is 0 Å². The number of anilines is 2. The Hall–Kier alpha value is -2.41. The predicted molar refractivity (Wildman–Crippen MR) is 96.1 cm³/mol. The Morgan fingerprint density at radius 2 is 1.92 bits per heavy atom. The second-order valence-corrected chi connectivity index (χ2v) is 7.09. The third-order valence-corrected chi connectivity index (χ3v) is 5.25. The van der Waals surface area contributed by atoms with Gasteiger partial charge in [0.1, 0.15) is 0 Å². The van der Waals surface area contributed by atoms with Gasteiger partial charge in [0.2, 0.25) is 5.91 Å². The van der Waals surface area contributed by atoms with E-state index in [4.69, 9.17) is 4.74 Å². The summed E-state index contributed by atoms with van der Waals surface area (Å²) in [7, 11) is 0. The lowest BCUT2D eigenvalue weighted by molar-refractivity contribution is -0.136. The van der Waals surface area contributed by atoms with E-state index in [0.717, 1.165) is 49.0 Å². The molecule has 0 spiro atoms. The molecule has 26 heavy (non-hydrogen) atoms. The molecule has 0 aromatic heterocycles. The number of carbonyl (C=O) groups excluding carboxylic acids is 3. The number of hydrogen-bond donors (Lipinski definition) is 2. The number of nitrogens with one attached hydrogen (secondary N) is 2. The van der Waals surface area contributed by atoms with Crippen LogP contribution in [-0.2, 0) is 32.0 Å². The summed E-state index contributed by atoms with van der Waals surface area (Å²) in [5.41, 5.74) is 3.76. The molecule has 0 unspecified atom stereocenters. The summed E-state index contributed by atoms with van der Waals surface area (Å²) >= 11 is 0. The Labute approximate surface area is 152 Å². The van der Waals surface area contributed by atoms with Gasteiger partial charge in [0.05, 0.1) is 11.8 Å². The third-order valence-electron chi connectivity index (χ3n) is 5.25. The van der Waals surface area contributed by atoms with Gasteiger partial charge < -0.3 is 20.3 Å². The minimum absolute atomic E-state index is 0.00322. The highest BCUT2D eigenvalue weighted by molar-refractivity contribution is 6.39. The van der Waals surface area contributed by atoms with E-state index in [1.807, 2.05) is 17.0 Å². The topological polar surface area (TPSA) is 87.7 Å². The molecule has 4 rings (SSSR count). The standard InChI is InChI=1S/C19H23N3O4/c23-16-6-5-13-10-14(9-12-3-1-7-22(16)17(12)13)21-19(25)18(24)20-11-15-4-2-8-26-15/h9-10,15H,1-8,11H2,(H,20,24)(H,21,25)/t15-/m0/s1. The van der Waals surface area contributed by atoms with Gasteiger partial charge in [-0.1, -0.05) is 0 Å². The minimum Gasteiger partial charge on any atom is -0.376 e. The number of nitrogens with zero attached hydrogens (tertiary/aromatic N) is 1. The maximum atomic E-state index is 12.2. The highest BCUT2D eigenvalue weighted by Gasteiger charge is 2.30. The van der Waals surface area contributed by atoms with E-state index < -0.39 is 11.8 Å². The second kappa shape index (κ2) is 7.07.